The summed E-state index contributed by atoms with van der Waals surface area (Å²) >= 11 is 0. The minimum absolute atomic E-state index is 0.664. The molecule has 2 aromatic rings. The van der Waals surface area contributed by atoms with E-state index in [4.69, 9.17) is 5.73 Å². The Kier molecular flexibility index (Phi) is 4.15. The fourth-order valence-electron chi connectivity index (χ4n) is 2.21. The monoisotopic (exact) mass is 231 g/mol. The molecular formula is C14H21N3. The van der Waals surface area contributed by atoms with Gasteiger partial charge in [-0.25, -0.2) is 4.98 Å². The van der Waals surface area contributed by atoms with E-state index < -0.39 is 0 Å². The Hall–Kier alpha value is -1.35. The smallest absolute Gasteiger partial charge is 0.111 e. The van der Waals surface area contributed by atoms with E-state index in [9.17, 15) is 0 Å². The lowest BCUT2D eigenvalue weighted by atomic mass is 10.2. The van der Waals surface area contributed by atoms with Gasteiger partial charge < -0.3 is 10.3 Å². The molecule has 0 saturated heterocycles. The van der Waals surface area contributed by atoms with Crippen molar-refractivity contribution in [2.75, 3.05) is 6.54 Å². The van der Waals surface area contributed by atoms with Crippen LogP contribution in [0.4, 0.5) is 0 Å². The number of nitrogens with two attached hydrogens (primary N) is 1. The molecule has 0 aliphatic carbocycles. The number of imidazole rings is 1. The second-order valence-corrected chi connectivity index (χ2v) is 4.41. The van der Waals surface area contributed by atoms with E-state index in [1.807, 2.05) is 6.07 Å². The molecule has 1 aromatic heterocycles. The minimum atomic E-state index is 0.664. The summed E-state index contributed by atoms with van der Waals surface area (Å²) in [6.45, 7) is 3.95. The summed E-state index contributed by atoms with van der Waals surface area (Å²) in [6, 6.07) is 8.34. The largest absolute Gasteiger partial charge is 0.330 e. The van der Waals surface area contributed by atoms with E-state index >= 15 is 0 Å². The quantitative estimate of drug-likeness (QED) is 0.777. The first kappa shape index (κ1) is 12.1. The van der Waals surface area contributed by atoms with Crippen LogP contribution >= 0.6 is 0 Å². The van der Waals surface area contributed by atoms with Crippen LogP contribution in [0, 0.1) is 0 Å². The molecule has 0 radical (unpaired) electrons. The van der Waals surface area contributed by atoms with Gasteiger partial charge in [-0.05, 0) is 25.1 Å². The molecule has 1 aromatic carbocycles. The van der Waals surface area contributed by atoms with Crippen molar-refractivity contribution in [3.05, 3.63) is 30.1 Å². The van der Waals surface area contributed by atoms with Crippen LogP contribution in [-0.4, -0.2) is 16.1 Å². The summed E-state index contributed by atoms with van der Waals surface area (Å²) in [5, 5.41) is 0. The molecular weight excluding hydrogens is 210 g/mol. The van der Waals surface area contributed by atoms with Gasteiger partial charge in [-0.1, -0.05) is 31.9 Å². The Morgan fingerprint density at radius 3 is 2.82 bits per heavy atom. The van der Waals surface area contributed by atoms with Gasteiger partial charge in [-0.3, -0.25) is 0 Å². The maximum atomic E-state index is 5.65. The first-order chi connectivity index (χ1) is 8.36. The summed E-state index contributed by atoms with van der Waals surface area (Å²) in [5.74, 6) is 1.13. The lowest BCUT2D eigenvalue weighted by molar-refractivity contribution is 0.591. The Labute approximate surface area is 103 Å². The van der Waals surface area contributed by atoms with E-state index in [1.165, 1.54) is 24.8 Å². The summed E-state index contributed by atoms with van der Waals surface area (Å²) in [5.41, 5.74) is 7.99. The van der Waals surface area contributed by atoms with Crippen molar-refractivity contribution in [3.8, 4) is 0 Å². The molecule has 0 spiro atoms. The minimum Gasteiger partial charge on any atom is -0.330 e. The molecule has 0 unspecified atom stereocenters. The number of aryl methyl sites for hydroxylation is 1. The van der Waals surface area contributed by atoms with Gasteiger partial charge in [0.05, 0.1) is 11.0 Å². The summed E-state index contributed by atoms with van der Waals surface area (Å²) in [6.07, 6.45) is 4.60. The van der Waals surface area contributed by atoms with Gasteiger partial charge in [0.25, 0.3) is 0 Å². The van der Waals surface area contributed by atoms with Crippen LogP contribution in [0.2, 0.25) is 0 Å². The average molecular weight is 231 g/mol. The molecule has 0 amide bonds. The summed E-state index contributed by atoms with van der Waals surface area (Å²) in [7, 11) is 0. The molecule has 0 aliphatic rings. The molecule has 3 heteroatoms. The van der Waals surface area contributed by atoms with Gasteiger partial charge in [-0.2, -0.15) is 0 Å². The highest BCUT2D eigenvalue weighted by Gasteiger charge is 2.08. The Balaban J connectivity index is 2.30. The molecule has 0 fully saturated rings. The van der Waals surface area contributed by atoms with Crippen LogP contribution in [0.5, 0.6) is 0 Å². The third kappa shape index (κ3) is 2.67. The van der Waals surface area contributed by atoms with Gasteiger partial charge in [0, 0.05) is 13.0 Å². The second kappa shape index (κ2) is 5.82. The van der Waals surface area contributed by atoms with Crippen molar-refractivity contribution in [1.82, 2.24) is 9.55 Å². The van der Waals surface area contributed by atoms with Gasteiger partial charge >= 0.3 is 0 Å². The number of aromatic nitrogens is 2. The number of fused-ring (bicyclic) bond motifs is 1. The normalized spacial score (nSPS) is 11.2. The van der Waals surface area contributed by atoms with Crippen LogP contribution in [-0.2, 0) is 13.0 Å². The standard InChI is InChI=1S/C14H21N3/c1-2-3-6-11-17-13-8-5-4-7-12(13)16-14(17)9-10-15/h4-5,7-8H,2-3,6,9-11,15H2,1H3. The van der Waals surface area contributed by atoms with E-state index in [1.54, 1.807) is 0 Å². The highest BCUT2D eigenvalue weighted by molar-refractivity contribution is 5.75. The molecule has 0 atom stereocenters. The zero-order valence-corrected chi connectivity index (χ0v) is 10.5. The Bertz CT molecular complexity index is 473. The van der Waals surface area contributed by atoms with Crippen molar-refractivity contribution in [2.24, 2.45) is 5.73 Å². The topological polar surface area (TPSA) is 43.8 Å². The number of hydrogen-bond donors (Lipinski definition) is 1. The van der Waals surface area contributed by atoms with Gasteiger partial charge in [0.15, 0.2) is 0 Å². The van der Waals surface area contributed by atoms with Gasteiger partial charge in [0.1, 0.15) is 5.82 Å². The van der Waals surface area contributed by atoms with Crippen LogP contribution < -0.4 is 5.73 Å². The number of unbranched alkanes of at least 4 members (excludes halogenated alkanes) is 2. The Morgan fingerprint density at radius 2 is 2.06 bits per heavy atom. The molecule has 3 nitrogen and oxygen atoms in total. The second-order valence-electron chi connectivity index (χ2n) is 4.41. The molecule has 1 heterocycles. The predicted octanol–water partition coefficient (Wildman–Crippen LogP) is 2.73. The maximum Gasteiger partial charge on any atom is 0.111 e. The molecule has 17 heavy (non-hydrogen) atoms. The van der Waals surface area contributed by atoms with Crippen LogP contribution in [0.25, 0.3) is 11.0 Å². The number of hydrogen-bond acceptors (Lipinski definition) is 2. The molecule has 0 saturated carbocycles. The number of nitrogens with zero attached hydrogens (tertiary/aromatic N) is 2. The number of benzene rings is 1. The maximum absolute atomic E-state index is 5.65. The van der Waals surface area contributed by atoms with Crippen molar-refractivity contribution < 1.29 is 0 Å². The van der Waals surface area contributed by atoms with E-state index in [0.29, 0.717) is 6.54 Å². The molecule has 2 N–H and O–H groups in total. The van der Waals surface area contributed by atoms with Crippen LogP contribution in [0.1, 0.15) is 32.0 Å². The van der Waals surface area contributed by atoms with Crippen LogP contribution in [0.3, 0.4) is 0 Å². The van der Waals surface area contributed by atoms with E-state index in [-0.39, 0.29) is 0 Å². The molecule has 0 aliphatic heterocycles. The fraction of sp³-hybridized carbons (Fsp3) is 0.500. The van der Waals surface area contributed by atoms with E-state index in [2.05, 4.69) is 34.7 Å². The van der Waals surface area contributed by atoms with Crippen molar-refractivity contribution in [1.29, 1.82) is 0 Å². The zero-order chi connectivity index (χ0) is 12.1. The first-order valence-corrected chi connectivity index (χ1v) is 6.51. The Morgan fingerprint density at radius 1 is 1.24 bits per heavy atom. The number of rotatable bonds is 6. The predicted molar refractivity (Wildman–Crippen MR) is 72.0 cm³/mol. The number of para-hydroxylation sites is 2. The van der Waals surface area contributed by atoms with Gasteiger partial charge in [-0.15, -0.1) is 0 Å². The highest BCUT2D eigenvalue weighted by atomic mass is 15.1. The van der Waals surface area contributed by atoms with Crippen molar-refractivity contribution in [2.45, 2.75) is 39.2 Å². The van der Waals surface area contributed by atoms with Crippen molar-refractivity contribution in [3.63, 3.8) is 0 Å². The lowest BCUT2D eigenvalue weighted by Gasteiger charge is -2.07. The molecule has 0 bridgehead atoms. The average Bonchev–Trinajstić information content (AvgIpc) is 2.69. The van der Waals surface area contributed by atoms with Crippen LogP contribution in [0.15, 0.2) is 24.3 Å². The van der Waals surface area contributed by atoms with Crippen molar-refractivity contribution >= 4 is 11.0 Å². The molecule has 92 valence electrons. The third-order valence-electron chi connectivity index (χ3n) is 3.09. The third-order valence-corrected chi connectivity index (χ3v) is 3.09. The summed E-state index contributed by atoms with van der Waals surface area (Å²) in [4.78, 5) is 4.66. The summed E-state index contributed by atoms with van der Waals surface area (Å²) < 4.78 is 2.33. The lowest BCUT2D eigenvalue weighted by Crippen LogP contribution is -2.10. The zero-order valence-electron chi connectivity index (χ0n) is 10.5. The molecule has 2 rings (SSSR count). The van der Waals surface area contributed by atoms with Gasteiger partial charge in [0.2, 0.25) is 0 Å². The fourth-order valence-corrected chi connectivity index (χ4v) is 2.21. The van der Waals surface area contributed by atoms with E-state index in [0.717, 1.165) is 24.3 Å². The first-order valence-electron chi connectivity index (χ1n) is 6.51. The SMILES string of the molecule is CCCCCn1c(CCN)nc2ccccc21. The highest BCUT2D eigenvalue weighted by Crippen LogP contribution is 2.17.